The number of ether oxygens (including phenoxy) is 2. The van der Waals surface area contributed by atoms with Crippen molar-refractivity contribution in [3.05, 3.63) is 59.4 Å². The van der Waals surface area contributed by atoms with Crippen molar-refractivity contribution in [2.75, 3.05) is 14.2 Å². The first-order valence-corrected chi connectivity index (χ1v) is 5.69. The zero-order chi connectivity index (χ0) is 13.0. The van der Waals surface area contributed by atoms with Gasteiger partial charge in [-0.3, -0.25) is 0 Å². The van der Waals surface area contributed by atoms with E-state index in [9.17, 15) is 4.39 Å². The Kier molecular flexibility index (Phi) is 3.82. The lowest BCUT2D eigenvalue weighted by atomic mass is 10.0. The van der Waals surface area contributed by atoms with Crippen molar-refractivity contribution in [2.45, 2.75) is 6.42 Å². The predicted molar refractivity (Wildman–Crippen MR) is 68.8 cm³/mol. The first-order valence-electron chi connectivity index (χ1n) is 5.69. The molecule has 0 heterocycles. The summed E-state index contributed by atoms with van der Waals surface area (Å²) in [4.78, 5) is 0. The maximum atomic E-state index is 12.9. The van der Waals surface area contributed by atoms with Gasteiger partial charge in [0.15, 0.2) is 0 Å². The first-order chi connectivity index (χ1) is 8.74. The van der Waals surface area contributed by atoms with E-state index >= 15 is 0 Å². The summed E-state index contributed by atoms with van der Waals surface area (Å²) in [7, 11) is 3.26. The molecule has 0 amide bonds. The average molecular weight is 246 g/mol. The topological polar surface area (TPSA) is 18.5 Å². The Hall–Kier alpha value is -2.03. The minimum absolute atomic E-state index is 0.231. The van der Waals surface area contributed by atoms with Crippen molar-refractivity contribution < 1.29 is 13.9 Å². The van der Waals surface area contributed by atoms with Crippen LogP contribution in [0.3, 0.4) is 0 Å². The van der Waals surface area contributed by atoms with E-state index in [1.807, 2.05) is 18.2 Å². The van der Waals surface area contributed by atoms with Gasteiger partial charge in [-0.25, -0.2) is 4.39 Å². The molecular formula is C15H15FO2. The Bertz CT molecular complexity index is 498. The highest BCUT2D eigenvalue weighted by Gasteiger charge is 2.10. The van der Waals surface area contributed by atoms with E-state index in [0.717, 1.165) is 22.6 Å². The van der Waals surface area contributed by atoms with Crippen LogP contribution in [0.1, 0.15) is 11.1 Å². The Morgan fingerprint density at radius 3 is 1.94 bits per heavy atom. The second-order valence-electron chi connectivity index (χ2n) is 3.94. The van der Waals surface area contributed by atoms with Crippen LogP contribution in [0.15, 0.2) is 42.5 Å². The molecule has 0 aliphatic carbocycles. The van der Waals surface area contributed by atoms with Crippen LogP contribution in [-0.2, 0) is 6.42 Å². The molecule has 0 aromatic heterocycles. The van der Waals surface area contributed by atoms with E-state index in [0.29, 0.717) is 6.42 Å². The number of methoxy groups -OCH3 is 2. The summed E-state index contributed by atoms with van der Waals surface area (Å²) in [5.74, 6) is 1.32. The van der Waals surface area contributed by atoms with Crippen LogP contribution in [0, 0.1) is 5.82 Å². The van der Waals surface area contributed by atoms with E-state index in [1.165, 1.54) is 12.1 Å². The molecule has 3 heteroatoms. The van der Waals surface area contributed by atoms with Crippen LogP contribution < -0.4 is 9.47 Å². The standard InChI is InChI=1S/C15H15FO2/c1-17-14-4-3-5-15(18-2)13(14)10-11-6-8-12(16)9-7-11/h3-9H,10H2,1-2H3. The molecule has 0 spiro atoms. The molecule has 0 saturated carbocycles. The monoisotopic (exact) mass is 246 g/mol. The third-order valence-electron chi connectivity index (χ3n) is 2.82. The molecule has 0 aliphatic rings. The minimum atomic E-state index is -0.231. The second kappa shape index (κ2) is 5.54. The summed E-state index contributed by atoms with van der Waals surface area (Å²) < 4.78 is 23.5. The normalized spacial score (nSPS) is 10.2. The van der Waals surface area contributed by atoms with Crippen LogP contribution in [0.25, 0.3) is 0 Å². The van der Waals surface area contributed by atoms with Crippen LogP contribution in [-0.4, -0.2) is 14.2 Å². The fourth-order valence-corrected chi connectivity index (χ4v) is 1.91. The van der Waals surface area contributed by atoms with Gasteiger partial charge in [-0.1, -0.05) is 18.2 Å². The fourth-order valence-electron chi connectivity index (χ4n) is 1.91. The predicted octanol–water partition coefficient (Wildman–Crippen LogP) is 3.43. The van der Waals surface area contributed by atoms with Gasteiger partial charge in [0.25, 0.3) is 0 Å². The summed E-state index contributed by atoms with van der Waals surface area (Å²) in [5, 5.41) is 0. The minimum Gasteiger partial charge on any atom is -0.496 e. The number of rotatable bonds is 4. The van der Waals surface area contributed by atoms with Crippen LogP contribution >= 0.6 is 0 Å². The van der Waals surface area contributed by atoms with Gasteiger partial charge in [-0.05, 0) is 29.8 Å². The largest absolute Gasteiger partial charge is 0.496 e. The molecule has 2 rings (SSSR count). The lowest BCUT2D eigenvalue weighted by Gasteiger charge is -2.12. The third kappa shape index (κ3) is 2.62. The summed E-state index contributed by atoms with van der Waals surface area (Å²) in [5.41, 5.74) is 1.98. The van der Waals surface area contributed by atoms with Crippen LogP contribution in [0.5, 0.6) is 11.5 Å². The van der Waals surface area contributed by atoms with E-state index < -0.39 is 0 Å². The molecule has 2 aromatic carbocycles. The van der Waals surface area contributed by atoms with Gasteiger partial charge in [0, 0.05) is 12.0 Å². The maximum absolute atomic E-state index is 12.9. The molecule has 0 atom stereocenters. The molecule has 0 saturated heterocycles. The second-order valence-corrected chi connectivity index (χ2v) is 3.94. The van der Waals surface area contributed by atoms with Gasteiger partial charge in [0.1, 0.15) is 17.3 Å². The van der Waals surface area contributed by atoms with Gasteiger partial charge in [0.2, 0.25) is 0 Å². The summed E-state index contributed by atoms with van der Waals surface area (Å²) in [6.45, 7) is 0. The van der Waals surface area contributed by atoms with Gasteiger partial charge < -0.3 is 9.47 Å². The zero-order valence-corrected chi connectivity index (χ0v) is 10.4. The van der Waals surface area contributed by atoms with Gasteiger partial charge >= 0.3 is 0 Å². The quantitative estimate of drug-likeness (QED) is 0.822. The SMILES string of the molecule is COc1cccc(OC)c1Cc1ccc(F)cc1. The lowest BCUT2D eigenvalue weighted by molar-refractivity contribution is 0.387. The highest BCUT2D eigenvalue weighted by Crippen LogP contribution is 2.30. The molecule has 94 valence electrons. The summed E-state index contributed by atoms with van der Waals surface area (Å²) in [6.07, 6.45) is 0.646. The van der Waals surface area contributed by atoms with Crippen molar-refractivity contribution in [1.29, 1.82) is 0 Å². The molecule has 0 aliphatic heterocycles. The molecule has 2 nitrogen and oxygen atoms in total. The average Bonchev–Trinajstić information content (AvgIpc) is 2.41. The van der Waals surface area contributed by atoms with Crippen molar-refractivity contribution in [2.24, 2.45) is 0 Å². The summed E-state index contributed by atoms with van der Waals surface area (Å²) in [6, 6.07) is 12.1. The van der Waals surface area contributed by atoms with Crippen LogP contribution in [0.2, 0.25) is 0 Å². The molecule has 0 unspecified atom stereocenters. The maximum Gasteiger partial charge on any atom is 0.126 e. The number of benzene rings is 2. The van der Waals surface area contributed by atoms with Crippen molar-refractivity contribution in [3.8, 4) is 11.5 Å². The number of hydrogen-bond donors (Lipinski definition) is 0. The Morgan fingerprint density at radius 1 is 0.889 bits per heavy atom. The molecule has 0 bridgehead atoms. The Labute approximate surface area is 106 Å². The highest BCUT2D eigenvalue weighted by atomic mass is 19.1. The molecule has 18 heavy (non-hydrogen) atoms. The zero-order valence-electron chi connectivity index (χ0n) is 10.4. The van der Waals surface area contributed by atoms with E-state index in [4.69, 9.17) is 9.47 Å². The Morgan fingerprint density at radius 2 is 1.44 bits per heavy atom. The smallest absolute Gasteiger partial charge is 0.126 e. The van der Waals surface area contributed by atoms with Crippen molar-refractivity contribution in [3.63, 3.8) is 0 Å². The van der Waals surface area contributed by atoms with Crippen LogP contribution in [0.4, 0.5) is 4.39 Å². The molecule has 0 radical (unpaired) electrons. The van der Waals surface area contributed by atoms with E-state index in [1.54, 1.807) is 26.4 Å². The lowest BCUT2D eigenvalue weighted by Crippen LogP contribution is -1.98. The van der Waals surface area contributed by atoms with Crippen molar-refractivity contribution >= 4 is 0 Å². The van der Waals surface area contributed by atoms with Gasteiger partial charge in [-0.15, -0.1) is 0 Å². The molecule has 0 N–H and O–H groups in total. The Balaban J connectivity index is 2.35. The van der Waals surface area contributed by atoms with E-state index in [-0.39, 0.29) is 5.82 Å². The molecule has 0 fully saturated rings. The molecule has 2 aromatic rings. The molecular weight excluding hydrogens is 231 g/mol. The van der Waals surface area contributed by atoms with Crippen molar-refractivity contribution in [1.82, 2.24) is 0 Å². The van der Waals surface area contributed by atoms with Gasteiger partial charge in [-0.2, -0.15) is 0 Å². The fraction of sp³-hybridized carbons (Fsp3) is 0.200. The first kappa shape index (κ1) is 12.4. The highest BCUT2D eigenvalue weighted by molar-refractivity contribution is 5.47. The van der Waals surface area contributed by atoms with Gasteiger partial charge in [0.05, 0.1) is 14.2 Å². The third-order valence-corrected chi connectivity index (χ3v) is 2.82. The summed E-state index contributed by atoms with van der Waals surface area (Å²) >= 11 is 0. The number of halogens is 1. The van der Waals surface area contributed by atoms with E-state index in [2.05, 4.69) is 0 Å². The number of hydrogen-bond acceptors (Lipinski definition) is 2.